The van der Waals surface area contributed by atoms with Gasteiger partial charge in [0.05, 0.1) is 0 Å². The summed E-state index contributed by atoms with van der Waals surface area (Å²) in [6.45, 7) is 0. The number of imide groups is 1. The van der Waals surface area contributed by atoms with Crippen LogP contribution in [0.5, 0.6) is 0 Å². The lowest BCUT2D eigenvalue weighted by Gasteiger charge is -2.21. The fraction of sp³-hybridized carbons (Fsp3) is 0.333. The van der Waals surface area contributed by atoms with Crippen LogP contribution in [-0.2, 0) is 9.59 Å². The first-order chi connectivity index (χ1) is 8.04. The molecule has 1 aromatic rings. The minimum Gasteiger partial charge on any atom is -0.383 e. The fourth-order valence-corrected chi connectivity index (χ4v) is 1.89. The highest BCUT2D eigenvalue weighted by Crippen LogP contribution is 2.15. The number of aromatic nitrogens is 2. The van der Waals surface area contributed by atoms with Gasteiger partial charge in [-0.1, -0.05) is 0 Å². The molecule has 1 aliphatic heterocycles. The summed E-state index contributed by atoms with van der Waals surface area (Å²) in [6, 6.07) is 1.04. The molecular weight excluding hydrogens is 290 g/mol. The number of hydrogen-bond acceptors (Lipinski definition) is 6. The zero-order valence-electron chi connectivity index (χ0n) is 8.74. The highest BCUT2D eigenvalue weighted by molar-refractivity contribution is 9.10. The minimum atomic E-state index is -0.513. The molecule has 1 aromatic heterocycles. The number of carbonyl (C=O) groups is 2. The average molecular weight is 300 g/mol. The molecule has 1 unspecified atom stereocenters. The number of hydrogen-bond donors (Lipinski definition) is 3. The van der Waals surface area contributed by atoms with E-state index in [0.29, 0.717) is 23.3 Å². The van der Waals surface area contributed by atoms with Gasteiger partial charge in [-0.15, -0.1) is 0 Å². The number of anilines is 2. The monoisotopic (exact) mass is 299 g/mol. The van der Waals surface area contributed by atoms with Crippen molar-refractivity contribution < 1.29 is 9.59 Å². The number of nitrogens with one attached hydrogen (secondary N) is 2. The molecular formula is C9H10BrN5O2. The second kappa shape index (κ2) is 4.66. The zero-order valence-corrected chi connectivity index (χ0v) is 10.3. The Morgan fingerprint density at radius 3 is 2.88 bits per heavy atom. The van der Waals surface area contributed by atoms with E-state index in [4.69, 9.17) is 5.73 Å². The number of nitrogens with two attached hydrogens (primary N) is 1. The molecule has 0 aromatic carbocycles. The Labute approximate surface area is 105 Å². The summed E-state index contributed by atoms with van der Waals surface area (Å²) >= 11 is 3.18. The van der Waals surface area contributed by atoms with Crippen molar-refractivity contribution >= 4 is 39.5 Å². The highest BCUT2D eigenvalue weighted by atomic mass is 79.9. The van der Waals surface area contributed by atoms with Gasteiger partial charge in [-0.2, -0.15) is 4.98 Å². The predicted octanol–water partition coefficient (Wildman–Crippen LogP) is 0.0384. The first kappa shape index (κ1) is 11.8. The Kier molecular flexibility index (Phi) is 3.23. The van der Waals surface area contributed by atoms with Crippen molar-refractivity contribution in [3.8, 4) is 0 Å². The number of amides is 2. The van der Waals surface area contributed by atoms with Gasteiger partial charge in [-0.3, -0.25) is 14.9 Å². The SMILES string of the molecule is Nc1cc(Br)nc(NC2CCC(=O)NC2=O)n1. The summed E-state index contributed by atoms with van der Waals surface area (Å²) < 4.78 is 0.528. The summed E-state index contributed by atoms with van der Waals surface area (Å²) in [5, 5.41) is 5.08. The highest BCUT2D eigenvalue weighted by Gasteiger charge is 2.26. The van der Waals surface area contributed by atoms with Crippen molar-refractivity contribution in [2.75, 3.05) is 11.1 Å². The molecule has 2 heterocycles. The van der Waals surface area contributed by atoms with Crippen molar-refractivity contribution in [2.45, 2.75) is 18.9 Å². The second-order valence-electron chi connectivity index (χ2n) is 3.59. The maximum Gasteiger partial charge on any atom is 0.249 e. The van der Waals surface area contributed by atoms with Crippen molar-refractivity contribution in [3.05, 3.63) is 10.7 Å². The fourth-order valence-electron chi connectivity index (χ4n) is 1.49. The molecule has 90 valence electrons. The lowest BCUT2D eigenvalue weighted by Crippen LogP contribution is -2.47. The van der Waals surface area contributed by atoms with Crippen LogP contribution in [0.25, 0.3) is 0 Å². The van der Waals surface area contributed by atoms with Crippen LogP contribution in [0.15, 0.2) is 10.7 Å². The van der Waals surface area contributed by atoms with E-state index in [2.05, 4.69) is 36.5 Å². The molecule has 2 rings (SSSR count). The smallest absolute Gasteiger partial charge is 0.249 e. The maximum absolute atomic E-state index is 11.5. The molecule has 8 heteroatoms. The molecule has 0 bridgehead atoms. The molecule has 2 amide bonds. The van der Waals surface area contributed by atoms with Gasteiger partial charge in [0.2, 0.25) is 17.8 Å². The van der Waals surface area contributed by atoms with Crippen LogP contribution >= 0.6 is 15.9 Å². The van der Waals surface area contributed by atoms with E-state index in [1.165, 1.54) is 0 Å². The molecule has 17 heavy (non-hydrogen) atoms. The van der Waals surface area contributed by atoms with Crippen molar-refractivity contribution in [1.82, 2.24) is 15.3 Å². The molecule has 1 aliphatic rings. The molecule has 1 fully saturated rings. The Hall–Kier alpha value is -1.70. The largest absolute Gasteiger partial charge is 0.383 e. The minimum absolute atomic E-state index is 0.256. The lowest BCUT2D eigenvalue weighted by atomic mass is 10.1. The Morgan fingerprint density at radius 1 is 1.47 bits per heavy atom. The standard InChI is InChI=1S/C9H10BrN5O2/c10-5-3-6(11)14-9(13-5)12-4-1-2-7(16)15-8(4)17/h3-4H,1-2H2,(H,15,16,17)(H3,11,12,13,14). The van der Waals surface area contributed by atoms with Gasteiger partial charge in [0.1, 0.15) is 16.5 Å². The molecule has 0 spiro atoms. The van der Waals surface area contributed by atoms with Crippen molar-refractivity contribution in [2.24, 2.45) is 0 Å². The summed E-state index contributed by atoms with van der Waals surface area (Å²) in [5.41, 5.74) is 5.55. The first-order valence-corrected chi connectivity index (χ1v) is 5.74. The third kappa shape index (κ3) is 2.90. The number of halogens is 1. The third-order valence-corrected chi connectivity index (χ3v) is 2.66. The Balaban J connectivity index is 2.10. The zero-order chi connectivity index (χ0) is 12.4. The molecule has 1 atom stereocenters. The maximum atomic E-state index is 11.5. The number of nitrogen functional groups attached to an aromatic ring is 1. The third-order valence-electron chi connectivity index (χ3n) is 2.26. The van der Waals surface area contributed by atoms with E-state index in [9.17, 15) is 9.59 Å². The van der Waals surface area contributed by atoms with Crippen LogP contribution in [0.4, 0.5) is 11.8 Å². The summed E-state index contributed by atoms with van der Waals surface area (Å²) in [5.74, 6) is -0.0841. The Morgan fingerprint density at radius 2 is 2.24 bits per heavy atom. The van der Waals surface area contributed by atoms with Crippen LogP contribution in [0, 0.1) is 0 Å². The molecule has 1 saturated heterocycles. The number of rotatable bonds is 2. The predicted molar refractivity (Wildman–Crippen MR) is 63.9 cm³/mol. The summed E-state index contributed by atoms with van der Waals surface area (Å²) in [7, 11) is 0. The summed E-state index contributed by atoms with van der Waals surface area (Å²) in [4.78, 5) is 30.4. The van der Waals surface area contributed by atoms with Crippen LogP contribution in [0.2, 0.25) is 0 Å². The van der Waals surface area contributed by atoms with E-state index in [-0.39, 0.29) is 17.8 Å². The molecule has 4 N–H and O–H groups in total. The quantitative estimate of drug-likeness (QED) is 0.525. The number of piperidine rings is 1. The molecule has 0 saturated carbocycles. The topological polar surface area (TPSA) is 110 Å². The van der Waals surface area contributed by atoms with Crippen LogP contribution in [0.1, 0.15) is 12.8 Å². The van der Waals surface area contributed by atoms with Crippen LogP contribution in [0.3, 0.4) is 0 Å². The number of nitrogens with zero attached hydrogens (tertiary/aromatic N) is 2. The van der Waals surface area contributed by atoms with Gasteiger partial charge in [0, 0.05) is 12.5 Å². The number of carbonyl (C=O) groups excluding carboxylic acids is 2. The van der Waals surface area contributed by atoms with Crippen LogP contribution < -0.4 is 16.4 Å². The van der Waals surface area contributed by atoms with E-state index in [1.54, 1.807) is 6.07 Å². The van der Waals surface area contributed by atoms with E-state index in [1.807, 2.05) is 0 Å². The second-order valence-corrected chi connectivity index (χ2v) is 4.40. The van der Waals surface area contributed by atoms with Gasteiger partial charge in [0.15, 0.2) is 0 Å². The normalized spacial score (nSPS) is 19.9. The van der Waals surface area contributed by atoms with Gasteiger partial charge >= 0.3 is 0 Å². The van der Waals surface area contributed by atoms with Gasteiger partial charge in [-0.05, 0) is 22.4 Å². The molecule has 0 aliphatic carbocycles. The van der Waals surface area contributed by atoms with E-state index < -0.39 is 6.04 Å². The van der Waals surface area contributed by atoms with E-state index in [0.717, 1.165) is 0 Å². The lowest BCUT2D eigenvalue weighted by molar-refractivity contribution is -0.133. The summed E-state index contributed by atoms with van der Waals surface area (Å²) in [6.07, 6.45) is 0.716. The van der Waals surface area contributed by atoms with Gasteiger partial charge in [0.25, 0.3) is 0 Å². The average Bonchev–Trinajstić information content (AvgIpc) is 2.21. The van der Waals surface area contributed by atoms with Gasteiger partial charge < -0.3 is 11.1 Å². The molecule has 7 nitrogen and oxygen atoms in total. The first-order valence-electron chi connectivity index (χ1n) is 4.95. The van der Waals surface area contributed by atoms with Crippen molar-refractivity contribution in [3.63, 3.8) is 0 Å². The molecule has 0 radical (unpaired) electrons. The van der Waals surface area contributed by atoms with Crippen LogP contribution in [-0.4, -0.2) is 27.8 Å². The van der Waals surface area contributed by atoms with Gasteiger partial charge in [-0.25, -0.2) is 4.98 Å². The Bertz CT molecular complexity index is 458. The van der Waals surface area contributed by atoms with E-state index >= 15 is 0 Å². The van der Waals surface area contributed by atoms with Crippen molar-refractivity contribution in [1.29, 1.82) is 0 Å².